The Balaban J connectivity index is 4.14. The Bertz CT molecular complexity index is 1790. The van der Waals surface area contributed by atoms with Crippen molar-refractivity contribution in [3.8, 4) is 0 Å². The first-order chi connectivity index (χ1) is 38.0. The van der Waals surface area contributed by atoms with Gasteiger partial charge in [0.2, 0.25) is 0 Å². The van der Waals surface area contributed by atoms with Gasteiger partial charge in [0.05, 0.1) is 0 Å². The maximum atomic E-state index is 12.7. The van der Waals surface area contributed by atoms with E-state index in [1.807, 2.05) is 12.2 Å². The average molecular weight is 1060 g/mol. The highest BCUT2D eigenvalue weighted by atomic mass is 16.6. The van der Waals surface area contributed by atoms with Gasteiger partial charge in [-0.1, -0.05) is 268 Å². The van der Waals surface area contributed by atoms with Crippen molar-refractivity contribution in [2.24, 2.45) is 0 Å². The second-order valence-electron chi connectivity index (χ2n) is 19.5. The number of unbranched alkanes of at least 4 members (excludes halogenated alkanes) is 14. The van der Waals surface area contributed by atoms with Crippen molar-refractivity contribution in [2.75, 3.05) is 13.2 Å². The Morgan fingerprint density at radius 2 is 0.532 bits per heavy atom. The maximum absolute atomic E-state index is 12.7. The minimum Gasteiger partial charge on any atom is -0.462 e. The predicted octanol–water partition coefficient (Wildman–Crippen LogP) is 21.1. The zero-order chi connectivity index (χ0) is 55.7. The van der Waals surface area contributed by atoms with Gasteiger partial charge in [0, 0.05) is 19.3 Å². The third-order valence-corrected chi connectivity index (χ3v) is 12.2. The molecule has 77 heavy (non-hydrogen) atoms. The van der Waals surface area contributed by atoms with Crippen molar-refractivity contribution < 1.29 is 28.6 Å². The highest BCUT2D eigenvalue weighted by Crippen LogP contribution is 2.14. The number of esters is 3. The number of carbonyl (C=O) groups is 3. The molecule has 0 spiro atoms. The van der Waals surface area contributed by atoms with Crippen molar-refractivity contribution in [3.05, 3.63) is 170 Å². The largest absolute Gasteiger partial charge is 0.462 e. The standard InChI is InChI=1S/C71H110O6/c1-4-7-10-13-15-17-19-21-23-25-27-28-29-30-31-32-33-34-35-36-37-38-39-40-41-42-44-45-47-49-51-53-55-58-61-64-70(73)76-67-68(66-75-69(72)63-60-57-12-9-6-3)77-71(74)65-62-59-56-54-52-50-48-46-43-26-24-22-20-18-16-14-11-8-5-2/h7-8,10-11,15-18,21-24,27-28,30-31,33-34,36-37,39-40,43,46,50,52,56,59,68H,4-6,9,12-14,19-20,25-26,29,32,35,38,41-42,44-45,47-49,51,53-55,57-58,60-67H2,1-3H3/b10-7-,11-8-,17-15-,18-16-,23-21-,24-22-,28-27-,31-30-,34-33-,37-36-,40-39-,46-43-,52-50-,59-56-. The lowest BCUT2D eigenvalue weighted by Gasteiger charge is -2.18. The van der Waals surface area contributed by atoms with Crippen LogP contribution in [0.5, 0.6) is 0 Å². The molecule has 0 aromatic heterocycles. The Morgan fingerprint density at radius 3 is 0.844 bits per heavy atom. The van der Waals surface area contributed by atoms with Gasteiger partial charge in [-0.15, -0.1) is 0 Å². The lowest BCUT2D eigenvalue weighted by Crippen LogP contribution is -2.30. The van der Waals surface area contributed by atoms with Crippen molar-refractivity contribution in [2.45, 2.75) is 245 Å². The molecule has 0 aromatic rings. The molecule has 6 nitrogen and oxygen atoms in total. The third-order valence-electron chi connectivity index (χ3n) is 12.2. The topological polar surface area (TPSA) is 78.9 Å². The van der Waals surface area contributed by atoms with Gasteiger partial charge in [-0.05, 0) is 122 Å². The van der Waals surface area contributed by atoms with Crippen LogP contribution in [-0.2, 0) is 28.6 Å². The molecule has 0 aromatic carbocycles. The van der Waals surface area contributed by atoms with Gasteiger partial charge in [-0.25, -0.2) is 0 Å². The summed E-state index contributed by atoms with van der Waals surface area (Å²) >= 11 is 0. The van der Waals surface area contributed by atoms with Gasteiger partial charge < -0.3 is 14.2 Å². The van der Waals surface area contributed by atoms with E-state index in [0.717, 1.165) is 148 Å². The Hall–Kier alpha value is -5.23. The minimum atomic E-state index is -0.824. The van der Waals surface area contributed by atoms with Gasteiger partial charge in [-0.2, -0.15) is 0 Å². The van der Waals surface area contributed by atoms with Crippen LogP contribution in [0.4, 0.5) is 0 Å². The average Bonchev–Trinajstić information content (AvgIpc) is 3.43. The molecule has 0 rings (SSSR count). The quantitative estimate of drug-likeness (QED) is 0.0261. The number of hydrogen-bond acceptors (Lipinski definition) is 6. The van der Waals surface area contributed by atoms with Crippen LogP contribution in [0.3, 0.4) is 0 Å². The van der Waals surface area contributed by atoms with E-state index in [1.165, 1.54) is 44.9 Å². The summed E-state index contributed by atoms with van der Waals surface area (Å²) in [5, 5.41) is 0. The van der Waals surface area contributed by atoms with Crippen molar-refractivity contribution in [1.82, 2.24) is 0 Å². The Labute approximate surface area is 472 Å². The zero-order valence-corrected chi connectivity index (χ0v) is 49.1. The predicted molar refractivity (Wildman–Crippen MR) is 334 cm³/mol. The molecular weight excluding hydrogens is 949 g/mol. The summed E-state index contributed by atoms with van der Waals surface area (Å²) in [4.78, 5) is 37.8. The molecule has 0 aliphatic heterocycles. The lowest BCUT2D eigenvalue weighted by atomic mass is 10.1. The van der Waals surface area contributed by atoms with Crippen molar-refractivity contribution in [1.29, 1.82) is 0 Å². The normalized spacial score (nSPS) is 13.3. The summed E-state index contributed by atoms with van der Waals surface area (Å²) < 4.78 is 16.6. The summed E-state index contributed by atoms with van der Waals surface area (Å²) in [5.41, 5.74) is 0. The molecular formula is C71H110O6. The number of ether oxygens (including phenoxy) is 3. The monoisotopic (exact) mass is 1060 g/mol. The number of hydrogen-bond donors (Lipinski definition) is 0. The molecule has 0 bridgehead atoms. The van der Waals surface area contributed by atoms with E-state index in [2.05, 4.69) is 179 Å². The minimum absolute atomic E-state index is 0.116. The smallest absolute Gasteiger partial charge is 0.306 e. The SMILES string of the molecule is CC/C=C\C/C=C\C/C=C\C/C=C\C/C=C\C/C=C\C/C=C\C/C=C\CCCCCCCCCCCCC(=O)OCC(COC(=O)CCCCCCC)OC(=O)CC/C=C\C/C=C\C/C=C\C/C=C\C/C=C\C/C=C\CC. The van der Waals surface area contributed by atoms with Crippen molar-refractivity contribution >= 4 is 17.9 Å². The Kier molecular flexibility index (Phi) is 59.0. The fourth-order valence-electron chi connectivity index (χ4n) is 7.72. The number of rotatable bonds is 53. The first kappa shape index (κ1) is 71.8. The molecule has 6 heteroatoms. The zero-order valence-electron chi connectivity index (χ0n) is 49.1. The molecule has 0 saturated heterocycles. The van der Waals surface area contributed by atoms with Crippen molar-refractivity contribution in [3.63, 3.8) is 0 Å². The summed E-state index contributed by atoms with van der Waals surface area (Å²) in [6.07, 6.45) is 94.2. The van der Waals surface area contributed by atoms with Gasteiger partial charge in [0.1, 0.15) is 13.2 Å². The molecule has 1 unspecified atom stereocenters. The summed E-state index contributed by atoms with van der Waals surface area (Å²) in [7, 11) is 0. The number of allylic oxidation sites excluding steroid dienone is 28. The molecule has 0 N–H and O–H groups in total. The van der Waals surface area contributed by atoms with Gasteiger partial charge in [-0.3, -0.25) is 14.4 Å². The molecule has 0 aliphatic carbocycles. The van der Waals surface area contributed by atoms with E-state index < -0.39 is 12.1 Å². The van der Waals surface area contributed by atoms with E-state index >= 15 is 0 Å². The molecule has 0 fully saturated rings. The molecule has 0 amide bonds. The first-order valence-corrected chi connectivity index (χ1v) is 30.6. The molecule has 0 saturated carbocycles. The Morgan fingerprint density at radius 1 is 0.273 bits per heavy atom. The van der Waals surface area contributed by atoms with Gasteiger partial charge in [0.15, 0.2) is 6.10 Å². The first-order valence-electron chi connectivity index (χ1n) is 30.6. The fourth-order valence-corrected chi connectivity index (χ4v) is 7.72. The fraction of sp³-hybridized carbons (Fsp3) is 0.563. The van der Waals surface area contributed by atoms with Crippen LogP contribution in [-0.4, -0.2) is 37.2 Å². The second kappa shape index (κ2) is 63.3. The van der Waals surface area contributed by atoms with E-state index in [-0.39, 0.29) is 31.6 Å². The second-order valence-corrected chi connectivity index (χ2v) is 19.5. The van der Waals surface area contributed by atoms with Crippen LogP contribution >= 0.6 is 0 Å². The molecule has 430 valence electrons. The van der Waals surface area contributed by atoms with Crippen LogP contribution in [0.1, 0.15) is 239 Å². The van der Waals surface area contributed by atoms with Crippen LogP contribution in [0.25, 0.3) is 0 Å². The third kappa shape index (κ3) is 61.5. The van der Waals surface area contributed by atoms with E-state index in [0.29, 0.717) is 19.3 Å². The van der Waals surface area contributed by atoms with Crippen LogP contribution in [0, 0.1) is 0 Å². The van der Waals surface area contributed by atoms with Crippen LogP contribution in [0.2, 0.25) is 0 Å². The van der Waals surface area contributed by atoms with Crippen LogP contribution in [0.15, 0.2) is 170 Å². The molecule has 0 heterocycles. The molecule has 1 atom stereocenters. The van der Waals surface area contributed by atoms with E-state index in [4.69, 9.17) is 14.2 Å². The molecule has 0 aliphatic rings. The molecule has 0 radical (unpaired) electrons. The highest BCUT2D eigenvalue weighted by Gasteiger charge is 2.19. The van der Waals surface area contributed by atoms with Gasteiger partial charge in [0.25, 0.3) is 0 Å². The van der Waals surface area contributed by atoms with Gasteiger partial charge >= 0.3 is 17.9 Å². The van der Waals surface area contributed by atoms with Crippen LogP contribution < -0.4 is 0 Å². The highest BCUT2D eigenvalue weighted by molar-refractivity contribution is 5.71. The van der Waals surface area contributed by atoms with E-state index in [1.54, 1.807) is 0 Å². The summed E-state index contributed by atoms with van der Waals surface area (Å²) in [5.74, 6) is -1.03. The summed E-state index contributed by atoms with van der Waals surface area (Å²) in [6.45, 7) is 6.24. The van der Waals surface area contributed by atoms with E-state index in [9.17, 15) is 14.4 Å². The number of carbonyl (C=O) groups excluding carboxylic acids is 3. The summed E-state index contributed by atoms with van der Waals surface area (Å²) in [6, 6.07) is 0. The lowest BCUT2D eigenvalue weighted by molar-refractivity contribution is -0.166. The maximum Gasteiger partial charge on any atom is 0.306 e.